The Morgan fingerprint density at radius 3 is 2.90 bits per heavy atom. The third kappa shape index (κ3) is 2.62. The van der Waals surface area contributed by atoms with E-state index >= 15 is 0 Å². The molecular weight excluding hydrogens is 278 g/mol. The summed E-state index contributed by atoms with van der Waals surface area (Å²) in [5, 5.41) is 4.74. The van der Waals surface area contributed by atoms with Crippen LogP contribution < -0.4 is 5.73 Å². The molecule has 1 aliphatic heterocycles. The van der Waals surface area contributed by atoms with Crippen molar-refractivity contribution in [3.8, 4) is 0 Å². The number of nitrogens with two attached hydrogens (primary N) is 1. The van der Waals surface area contributed by atoms with Gasteiger partial charge in [0.2, 0.25) is 0 Å². The van der Waals surface area contributed by atoms with Gasteiger partial charge in [-0.3, -0.25) is 4.68 Å². The van der Waals surface area contributed by atoms with Crippen LogP contribution in [0.25, 0.3) is 0 Å². The van der Waals surface area contributed by atoms with Gasteiger partial charge in [-0.2, -0.15) is 5.10 Å². The first kappa shape index (κ1) is 14.7. The summed E-state index contributed by atoms with van der Waals surface area (Å²) in [5.74, 6) is 1.70. The van der Waals surface area contributed by atoms with Gasteiger partial charge in [-0.05, 0) is 31.9 Å². The van der Waals surface area contributed by atoms with Crippen molar-refractivity contribution in [1.82, 2.24) is 9.78 Å². The minimum atomic E-state index is 0.101. The summed E-state index contributed by atoms with van der Waals surface area (Å²) < 4.78 is 2.16. The molecule has 0 aliphatic carbocycles. The third-order valence-corrected chi connectivity index (χ3v) is 5.69. The molecule has 112 valence electrons. The lowest BCUT2D eigenvalue weighted by Gasteiger charge is -2.14. The van der Waals surface area contributed by atoms with Gasteiger partial charge in [0.1, 0.15) is 0 Å². The fraction of sp³-hybridized carbons (Fsp3) is 0.471. The maximum absolute atomic E-state index is 6.24. The summed E-state index contributed by atoms with van der Waals surface area (Å²) in [7, 11) is 0. The lowest BCUT2D eigenvalue weighted by molar-refractivity contribution is 0.533. The average Bonchev–Trinajstić information content (AvgIpc) is 3.01. The number of aromatic nitrogens is 2. The zero-order valence-corrected chi connectivity index (χ0v) is 13.8. The van der Waals surface area contributed by atoms with E-state index in [9.17, 15) is 0 Å². The summed E-state index contributed by atoms with van der Waals surface area (Å²) >= 11 is 1.96. The number of thioether (sulfide) groups is 1. The van der Waals surface area contributed by atoms with Crippen molar-refractivity contribution in [2.45, 2.75) is 50.6 Å². The largest absolute Gasteiger partial charge is 0.324 e. The second-order valence-electron chi connectivity index (χ2n) is 5.83. The molecule has 2 unspecified atom stereocenters. The highest BCUT2D eigenvalue weighted by atomic mass is 32.2. The number of rotatable bonds is 4. The van der Waals surface area contributed by atoms with Crippen LogP contribution in [0.15, 0.2) is 29.2 Å². The average molecular weight is 301 g/mol. The van der Waals surface area contributed by atoms with E-state index in [1.165, 1.54) is 21.7 Å². The minimum absolute atomic E-state index is 0.101. The highest BCUT2D eigenvalue weighted by molar-refractivity contribution is 7.99. The van der Waals surface area contributed by atoms with Crippen LogP contribution >= 0.6 is 11.8 Å². The van der Waals surface area contributed by atoms with Crippen LogP contribution in [0.5, 0.6) is 0 Å². The molecular formula is C17H23N3S. The van der Waals surface area contributed by atoms with Gasteiger partial charge in [-0.1, -0.05) is 25.1 Å². The first-order chi connectivity index (χ1) is 10.1. The van der Waals surface area contributed by atoms with Crippen LogP contribution in [-0.2, 0) is 6.54 Å². The molecule has 0 fully saturated rings. The summed E-state index contributed by atoms with van der Waals surface area (Å²) in [6.45, 7) is 7.31. The fourth-order valence-electron chi connectivity index (χ4n) is 3.22. The standard InChI is InChI=1S/C17H23N3S/c1-4-15(18)17-11(2)19-20(12(17)3)9-13-10-21-16-8-6-5-7-14(13)16/h5-8,13,15H,4,9-10,18H2,1-3H3. The first-order valence-corrected chi connectivity index (χ1v) is 8.61. The van der Waals surface area contributed by atoms with E-state index in [1.54, 1.807) is 0 Å². The van der Waals surface area contributed by atoms with Crippen LogP contribution in [-0.4, -0.2) is 15.5 Å². The molecule has 0 spiro atoms. The molecule has 2 aromatic rings. The number of hydrogen-bond acceptors (Lipinski definition) is 3. The maximum atomic E-state index is 6.24. The Morgan fingerprint density at radius 1 is 1.38 bits per heavy atom. The van der Waals surface area contributed by atoms with Crippen molar-refractivity contribution in [3.05, 3.63) is 46.8 Å². The van der Waals surface area contributed by atoms with E-state index in [4.69, 9.17) is 10.8 Å². The van der Waals surface area contributed by atoms with Crippen molar-refractivity contribution < 1.29 is 0 Å². The van der Waals surface area contributed by atoms with Crippen LogP contribution in [0.1, 0.15) is 47.8 Å². The molecule has 0 radical (unpaired) electrons. The predicted octanol–water partition coefficient (Wildman–Crippen LogP) is 3.80. The van der Waals surface area contributed by atoms with Crippen molar-refractivity contribution in [2.75, 3.05) is 5.75 Å². The molecule has 3 nitrogen and oxygen atoms in total. The highest BCUT2D eigenvalue weighted by Crippen LogP contribution is 2.40. The normalized spacial score (nSPS) is 18.8. The number of aryl methyl sites for hydroxylation is 1. The molecule has 0 amide bonds. The first-order valence-electron chi connectivity index (χ1n) is 7.63. The molecule has 1 aromatic heterocycles. The van der Waals surface area contributed by atoms with E-state index in [2.05, 4.69) is 49.7 Å². The van der Waals surface area contributed by atoms with E-state index in [-0.39, 0.29) is 6.04 Å². The quantitative estimate of drug-likeness (QED) is 0.934. The van der Waals surface area contributed by atoms with Gasteiger partial charge in [0.05, 0.1) is 5.69 Å². The van der Waals surface area contributed by atoms with Crippen LogP contribution in [0, 0.1) is 13.8 Å². The fourth-order valence-corrected chi connectivity index (χ4v) is 4.46. The van der Waals surface area contributed by atoms with E-state index in [1.807, 2.05) is 11.8 Å². The van der Waals surface area contributed by atoms with Gasteiger partial charge in [-0.25, -0.2) is 0 Å². The molecule has 0 saturated carbocycles. The van der Waals surface area contributed by atoms with Crippen molar-refractivity contribution >= 4 is 11.8 Å². The van der Waals surface area contributed by atoms with E-state index < -0.39 is 0 Å². The predicted molar refractivity (Wildman–Crippen MR) is 88.8 cm³/mol. The molecule has 2 N–H and O–H groups in total. The number of hydrogen-bond donors (Lipinski definition) is 1. The van der Waals surface area contributed by atoms with Crippen LogP contribution in [0.2, 0.25) is 0 Å². The lowest BCUT2D eigenvalue weighted by Crippen LogP contribution is -2.13. The van der Waals surface area contributed by atoms with Gasteiger partial charge >= 0.3 is 0 Å². The molecule has 2 heterocycles. The van der Waals surface area contributed by atoms with Crippen molar-refractivity contribution in [3.63, 3.8) is 0 Å². The summed E-state index contributed by atoms with van der Waals surface area (Å²) in [6, 6.07) is 8.83. The molecule has 1 aromatic carbocycles. The number of fused-ring (bicyclic) bond motifs is 1. The van der Waals surface area contributed by atoms with Gasteiger partial charge in [0, 0.05) is 40.4 Å². The van der Waals surface area contributed by atoms with Crippen molar-refractivity contribution in [1.29, 1.82) is 0 Å². The monoisotopic (exact) mass is 301 g/mol. The number of benzene rings is 1. The van der Waals surface area contributed by atoms with Crippen LogP contribution in [0.4, 0.5) is 0 Å². The third-order valence-electron chi connectivity index (χ3n) is 4.44. The van der Waals surface area contributed by atoms with E-state index in [0.717, 1.165) is 24.4 Å². The highest BCUT2D eigenvalue weighted by Gasteiger charge is 2.25. The van der Waals surface area contributed by atoms with E-state index in [0.29, 0.717) is 5.92 Å². The van der Waals surface area contributed by atoms with Gasteiger partial charge < -0.3 is 5.73 Å². The molecule has 0 bridgehead atoms. The summed E-state index contributed by atoms with van der Waals surface area (Å²) in [6.07, 6.45) is 0.954. The Kier molecular flexibility index (Phi) is 4.09. The smallest absolute Gasteiger partial charge is 0.0644 e. The zero-order valence-electron chi connectivity index (χ0n) is 13.0. The van der Waals surface area contributed by atoms with Gasteiger partial charge in [0.15, 0.2) is 0 Å². The summed E-state index contributed by atoms with van der Waals surface area (Å²) in [4.78, 5) is 1.43. The SMILES string of the molecule is CCC(N)c1c(C)nn(CC2CSc3ccccc32)c1C. The Morgan fingerprint density at radius 2 is 2.14 bits per heavy atom. The van der Waals surface area contributed by atoms with Gasteiger partial charge in [0.25, 0.3) is 0 Å². The van der Waals surface area contributed by atoms with Crippen molar-refractivity contribution in [2.24, 2.45) is 5.73 Å². The molecule has 4 heteroatoms. The second kappa shape index (κ2) is 5.85. The maximum Gasteiger partial charge on any atom is 0.0644 e. The minimum Gasteiger partial charge on any atom is -0.324 e. The van der Waals surface area contributed by atoms with Crippen LogP contribution in [0.3, 0.4) is 0 Å². The Bertz CT molecular complexity index is 647. The lowest BCUT2D eigenvalue weighted by atomic mass is 10.0. The Hall–Kier alpha value is -1.26. The van der Waals surface area contributed by atoms with Gasteiger partial charge in [-0.15, -0.1) is 11.8 Å². The molecule has 1 aliphatic rings. The number of nitrogens with zero attached hydrogens (tertiary/aromatic N) is 2. The molecule has 0 saturated heterocycles. The second-order valence-corrected chi connectivity index (χ2v) is 6.89. The molecule has 3 rings (SSSR count). The Balaban J connectivity index is 1.87. The zero-order chi connectivity index (χ0) is 15.0. The topological polar surface area (TPSA) is 43.8 Å². The molecule has 2 atom stereocenters. The summed E-state index contributed by atoms with van der Waals surface area (Å²) in [5.41, 5.74) is 11.3. The molecule has 21 heavy (non-hydrogen) atoms. The Labute approximate surface area is 130 Å².